The summed E-state index contributed by atoms with van der Waals surface area (Å²) in [6.07, 6.45) is 0. The number of fused-ring (bicyclic) bond motifs is 2. The fraction of sp³-hybridized carbons (Fsp3) is 0.231. The zero-order chi connectivity index (χ0) is 21.9. The van der Waals surface area contributed by atoms with E-state index in [2.05, 4.69) is 118 Å². The lowest BCUT2D eigenvalue weighted by Gasteiger charge is -1.92. The van der Waals surface area contributed by atoms with Gasteiger partial charge in [-0.05, 0) is 35.4 Å². The lowest BCUT2D eigenvalue weighted by atomic mass is 10.1. The average molecular weight is 490 g/mol. The molecule has 0 unspecified atom stereocenters. The van der Waals surface area contributed by atoms with Gasteiger partial charge in [-0.25, -0.2) is 0 Å². The highest BCUT2D eigenvalue weighted by atomic mass is 79.9. The predicted octanol–water partition coefficient (Wildman–Crippen LogP) is 8.27. The molecule has 0 radical (unpaired) electrons. The molecule has 0 aliphatic rings. The van der Waals surface area contributed by atoms with Crippen LogP contribution in [0.5, 0.6) is 0 Å². The van der Waals surface area contributed by atoms with Crippen molar-refractivity contribution in [1.82, 2.24) is 0 Å². The first-order chi connectivity index (χ1) is 14.8. The second-order valence-corrected chi connectivity index (χ2v) is 6.57. The Balaban J connectivity index is 0.000000213. The van der Waals surface area contributed by atoms with E-state index in [9.17, 15) is 0 Å². The molecule has 4 rings (SSSR count). The average Bonchev–Trinajstić information content (AvgIpc) is 2.82. The van der Waals surface area contributed by atoms with E-state index >= 15 is 0 Å². The molecule has 0 aromatic heterocycles. The summed E-state index contributed by atoms with van der Waals surface area (Å²) in [7, 11) is 0. The van der Waals surface area contributed by atoms with E-state index in [0.717, 1.165) is 6.61 Å². The van der Waals surface area contributed by atoms with E-state index in [1.54, 1.807) is 0 Å². The largest absolute Gasteiger partial charge is 0.371 e. The highest BCUT2D eigenvalue weighted by molar-refractivity contribution is 9.09. The van der Waals surface area contributed by atoms with E-state index in [1.807, 2.05) is 13.8 Å². The summed E-state index contributed by atoms with van der Waals surface area (Å²) in [6.45, 7) is 5.37. The van der Waals surface area contributed by atoms with Crippen LogP contribution >= 0.6 is 27.5 Å². The molecule has 0 aliphatic carbocycles. The summed E-state index contributed by atoms with van der Waals surface area (Å²) in [5.41, 5.74) is 0.656. The molecule has 2 nitrogen and oxygen atoms in total. The second-order valence-electron chi connectivity index (χ2n) is 5.90. The van der Waals surface area contributed by atoms with Gasteiger partial charge < -0.3 is 9.47 Å². The van der Waals surface area contributed by atoms with Crippen LogP contribution in [0.1, 0.15) is 13.8 Å². The maximum Gasteiger partial charge on any atom is 0.120 e. The Hall–Kier alpha value is -1.91. The summed E-state index contributed by atoms with van der Waals surface area (Å²) in [5, 5.41) is 5.24. The van der Waals surface area contributed by atoms with Gasteiger partial charge in [0.25, 0.3) is 0 Å². The maximum absolute atomic E-state index is 5.08. The van der Waals surface area contributed by atoms with Crippen molar-refractivity contribution in [2.75, 3.05) is 24.8 Å². The minimum absolute atomic E-state index is 0.316. The van der Waals surface area contributed by atoms with Crippen LogP contribution in [0, 0.1) is 0 Å². The van der Waals surface area contributed by atoms with E-state index in [4.69, 9.17) is 16.3 Å². The van der Waals surface area contributed by atoms with Crippen LogP contribution in [0.2, 0.25) is 0 Å². The van der Waals surface area contributed by atoms with Gasteiger partial charge in [-0.3, -0.25) is 0 Å². The molecule has 0 saturated heterocycles. The van der Waals surface area contributed by atoms with Crippen LogP contribution in [0.4, 0.5) is 0 Å². The Bertz CT molecular complexity index is 718. The van der Waals surface area contributed by atoms with E-state index in [0.29, 0.717) is 18.2 Å². The fourth-order valence-corrected chi connectivity index (χ4v) is 2.90. The molecule has 0 atom stereocenters. The third-order valence-corrected chi connectivity index (χ3v) is 4.36. The molecular formula is C26H30BrClO2. The normalized spacial score (nSPS) is 9.47. The zero-order valence-corrected chi connectivity index (χ0v) is 20.0. The fourth-order valence-electron chi connectivity index (χ4n) is 2.42. The molecule has 30 heavy (non-hydrogen) atoms. The molecule has 0 spiro atoms. The number of benzene rings is 4. The number of halogens is 2. The SMILES string of the molecule is CCOCBr.CCOCCl.c1ccc2ccccc2c1.c1ccc2ccccc2c1. The van der Waals surface area contributed by atoms with E-state index in [1.165, 1.54) is 21.5 Å². The molecular weight excluding hydrogens is 460 g/mol. The van der Waals surface area contributed by atoms with Gasteiger partial charge in [0, 0.05) is 13.2 Å². The third-order valence-electron chi connectivity index (χ3n) is 3.88. The molecule has 4 aromatic rings. The number of hydrogen-bond acceptors (Lipinski definition) is 2. The number of ether oxygens (including phenoxy) is 2. The van der Waals surface area contributed by atoms with Crippen LogP contribution in [0.25, 0.3) is 21.5 Å². The maximum atomic E-state index is 5.08. The number of rotatable bonds is 4. The summed E-state index contributed by atoms with van der Waals surface area (Å²) < 4.78 is 9.35. The lowest BCUT2D eigenvalue weighted by molar-refractivity contribution is 0.195. The van der Waals surface area contributed by atoms with Crippen molar-refractivity contribution in [1.29, 1.82) is 0 Å². The van der Waals surface area contributed by atoms with Gasteiger partial charge in [-0.15, -0.1) is 0 Å². The molecule has 0 heterocycles. The predicted molar refractivity (Wildman–Crippen MR) is 136 cm³/mol. The van der Waals surface area contributed by atoms with Gasteiger partial charge in [0.05, 0.1) is 0 Å². The van der Waals surface area contributed by atoms with Gasteiger partial charge in [0.2, 0.25) is 0 Å². The first-order valence-electron chi connectivity index (χ1n) is 9.91. The summed E-state index contributed by atoms with van der Waals surface area (Å²) in [4.78, 5) is 0. The molecule has 0 amide bonds. The molecule has 0 aliphatic heterocycles. The van der Waals surface area contributed by atoms with Crippen molar-refractivity contribution < 1.29 is 9.47 Å². The van der Waals surface area contributed by atoms with E-state index in [-0.39, 0.29) is 0 Å². The standard InChI is InChI=1S/2C10H8.C3H7BrO.C3H7ClO/c2*1-2-6-10-8-4-3-7-9(10)5-1;2*1-2-5-3-4/h2*1-8H;2*2-3H2,1H3. The van der Waals surface area contributed by atoms with Crippen LogP contribution in [-0.2, 0) is 9.47 Å². The number of hydrogen-bond donors (Lipinski definition) is 0. The second kappa shape index (κ2) is 17.9. The summed E-state index contributed by atoms with van der Waals surface area (Å²) >= 11 is 8.17. The topological polar surface area (TPSA) is 18.5 Å². The molecule has 0 N–H and O–H groups in total. The van der Waals surface area contributed by atoms with Gasteiger partial charge in [-0.2, -0.15) is 0 Å². The molecule has 0 fully saturated rings. The lowest BCUT2D eigenvalue weighted by Crippen LogP contribution is -1.81. The smallest absolute Gasteiger partial charge is 0.120 e. The summed E-state index contributed by atoms with van der Waals surface area (Å²) in [5.74, 6) is 0. The van der Waals surface area contributed by atoms with Crippen molar-refractivity contribution in [3.63, 3.8) is 0 Å². The highest BCUT2D eigenvalue weighted by Gasteiger charge is 1.86. The van der Waals surface area contributed by atoms with Crippen molar-refractivity contribution >= 4 is 49.1 Å². The van der Waals surface area contributed by atoms with Gasteiger partial charge in [0.1, 0.15) is 11.6 Å². The Morgan fingerprint density at radius 3 is 0.933 bits per heavy atom. The van der Waals surface area contributed by atoms with Crippen LogP contribution in [0.3, 0.4) is 0 Å². The van der Waals surface area contributed by atoms with Crippen molar-refractivity contribution in [2.24, 2.45) is 0 Å². The molecule has 0 bridgehead atoms. The van der Waals surface area contributed by atoms with Gasteiger partial charge in [0.15, 0.2) is 0 Å². The zero-order valence-electron chi connectivity index (χ0n) is 17.6. The van der Waals surface area contributed by atoms with Crippen LogP contribution in [0.15, 0.2) is 97.1 Å². The third kappa shape index (κ3) is 11.3. The Morgan fingerprint density at radius 2 is 0.833 bits per heavy atom. The van der Waals surface area contributed by atoms with Crippen LogP contribution < -0.4 is 0 Å². The van der Waals surface area contributed by atoms with Crippen LogP contribution in [-0.4, -0.2) is 24.8 Å². The summed E-state index contributed by atoms with van der Waals surface area (Å²) in [6, 6.07) is 33.7. The highest BCUT2D eigenvalue weighted by Crippen LogP contribution is 2.12. The first-order valence-corrected chi connectivity index (χ1v) is 11.6. The Morgan fingerprint density at radius 1 is 0.567 bits per heavy atom. The van der Waals surface area contributed by atoms with E-state index < -0.39 is 0 Å². The van der Waals surface area contributed by atoms with Gasteiger partial charge in [-0.1, -0.05) is 125 Å². The number of alkyl halides is 2. The van der Waals surface area contributed by atoms with Crippen molar-refractivity contribution in [3.05, 3.63) is 97.1 Å². The Labute approximate surface area is 193 Å². The minimum Gasteiger partial charge on any atom is -0.371 e. The quantitative estimate of drug-likeness (QED) is 0.268. The molecule has 4 aromatic carbocycles. The molecule has 0 saturated carbocycles. The van der Waals surface area contributed by atoms with Crippen molar-refractivity contribution in [3.8, 4) is 0 Å². The Kier molecular flexibility index (Phi) is 15.6. The molecule has 160 valence electrons. The minimum atomic E-state index is 0.316. The monoisotopic (exact) mass is 488 g/mol. The first kappa shape index (κ1) is 26.1. The van der Waals surface area contributed by atoms with Crippen molar-refractivity contribution in [2.45, 2.75) is 13.8 Å². The molecule has 4 heteroatoms. The van der Waals surface area contributed by atoms with Gasteiger partial charge >= 0.3 is 0 Å².